The molecule has 0 amide bonds. The third kappa shape index (κ3) is 2.50. The number of aromatic nitrogens is 2. The van der Waals surface area contributed by atoms with E-state index >= 15 is 0 Å². The molecular formula is C16H27N3O2. The first kappa shape index (κ1) is 15.0. The number of rotatable bonds is 4. The summed E-state index contributed by atoms with van der Waals surface area (Å²) in [6.45, 7) is 4.86. The first-order valence-electron chi connectivity index (χ1n) is 8.35. The lowest BCUT2D eigenvalue weighted by atomic mass is 9.83. The van der Waals surface area contributed by atoms with E-state index in [2.05, 4.69) is 12.1 Å². The summed E-state index contributed by atoms with van der Waals surface area (Å²) >= 11 is 0. The van der Waals surface area contributed by atoms with Gasteiger partial charge in [0.25, 0.3) is 0 Å². The van der Waals surface area contributed by atoms with Gasteiger partial charge in [0.15, 0.2) is 0 Å². The van der Waals surface area contributed by atoms with Crippen LogP contribution >= 0.6 is 0 Å². The van der Waals surface area contributed by atoms with Crippen molar-refractivity contribution in [3.63, 3.8) is 0 Å². The average Bonchev–Trinajstić information content (AvgIpc) is 3.10. The van der Waals surface area contributed by atoms with Crippen molar-refractivity contribution in [2.45, 2.75) is 82.3 Å². The summed E-state index contributed by atoms with van der Waals surface area (Å²) in [4.78, 5) is 4.75. The Labute approximate surface area is 126 Å². The lowest BCUT2D eigenvalue weighted by Gasteiger charge is -2.34. The van der Waals surface area contributed by atoms with Gasteiger partial charge in [-0.3, -0.25) is 0 Å². The second-order valence-corrected chi connectivity index (χ2v) is 6.83. The van der Waals surface area contributed by atoms with E-state index in [4.69, 9.17) is 20.0 Å². The number of nitrogens with zero attached hydrogens (tertiary/aromatic N) is 2. The van der Waals surface area contributed by atoms with Gasteiger partial charge in [0.05, 0.1) is 5.41 Å². The van der Waals surface area contributed by atoms with Gasteiger partial charge >= 0.3 is 0 Å². The van der Waals surface area contributed by atoms with Crippen molar-refractivity contribution in [1.82, 2.24) is 10.1 Å². The molecule has 3 rings (SSSR count). The third-order valence-electron chi connectivity index (χ3n) is 5.43. The molecule has 0 aliphatic heterocycles. The number of nitrogens with two attached hydrogens (primary N) is 1. The van der Waals surface area contributed by atoms with Crippen LogP contribution in [0.15, 0.2) is 4.52 Å². The fourth-order valence-electron chi connectivity index (χ4n) is 3.93. The summed E-state index contributed by atoms with van der Waals surface area (Å²) in [6, 6.07) is 0.111. The summed E-state index contributed by atoms with van der Waals surface area (Å²) in [6.07, 6.45) is 8.77. The molecule has 2 aliphatic carbocycles. The molecule has 1 heterocycles. The van der Waals surface area contributed by atoms with Crippen LogP contribution in [0, 0.1) is 0 Å². The summed E-state index contributed by atoms with van der Waals surface area (Å²) in [5, 5.41) is 4.29. The van der Waals surface area contributed by atoms with Gasteiger partial charge in [0, 0.05) is 12.6 Å². The quantitative estimate of drug-likeness (QED) is 0.923. The topological polar surface area (TPSA) is 74.2 Å². The smallest absolute Gasteiger partial charge is 0.234 e. The highest BCUT2D eigenvalue weighted by Crippen LogP contribution is 2.42. The zero-order chi connectivity index (χ0) is 14.9. The van der Waals surface area contributed by atoms with E-state index < -0.39 is 0 Å². The van der Waals surface area contributed by atoms with Gasteiger partial charge in [-0.1, -0.05) is 30.8 Å². The van der Waals surface area contributed by atoms with Crippen molar-refractivity contribution >= 4 is 0 Å². The Balaban J connectivity index is 1.89. The summed E-state index contributed by atoms with van der Waals surface area (Å²) in [5.41, 5.74) is 5.75. The summed E-state index contributed by atoms with van der Waals surface area (Å²) < 4.78 is 11.7. The minimum absolute atomic E-state index is 0.111. The minimum Gasteiger partial charge on any atom is -0.367 e. The van der Waals surface area contributed by atoms with E-state index in [0.29, 0.717) is 12.5 Å². The van der Waals surface area contributed by atoms with E-state index in [1.807, 2.05) is 6.92 Å². The van der Waals surface area contributed by atoms with Crippen molar-refractivity contribution in [2.24, 2.45) is 5.73 Å². The highest BCUT2D eigenvalue weighted by Gasteiger charge is 2.45. The summed E-state index contributed by atoms with van der Waals surface area (Å²) in [7, 11) is 0. The van der Waals surface area contributed by atoms with Crippen molar-refractivity contribution < 1.29 is 9.26 Å². The van der Waals surface area contributed by atoms with E-state index in [-0.39, 0.29) is 17.1 Å². The lowest BCUT2D eigenvalue weighted by Crippen LogP contribution is -2.39. The maximum absolute atomic E-state index is 6.27. The molecule has 2 atom stereocenters. The monoisotopic (exact) mass is 293 g/mol. The first-order chi connectivity index (χ1) is 10.1. The molecule has 0 bridgehead atoms. The van der Waals surface area contributed by atoms with Crippen molar-refractivity contribution in [1.29, 1.82) is 0 Å². The molecule has 5 nitrogen and oxygen atoms in total. The van der Waals surface area contributed by atoms with Crippen LogP contribution in [0.3, 0.4) is 0 Å². The second-order valence-electron chi connectivity index (χ2n) is 6.83. The van der Waals surface area contributed by atoms with Gasteiger partial charge < -0.3 is 15.0 Å². The Hall–Kier alpha value is -0.940. The van der Waals surface area contributed by atoms with Gasteiger partial charge in [-0.2, -0.15) is 4.98 Å². The lowest BCUT2D eigenvalue weighted by molar-refractivity contribution is -0.0777. The zero-order valence-electron chi connectivity index (χ0n) is 13.2. The molecule has 2 saturated carbocycles. The minimum atomic E-state index is -0.339. The van der Waals surface area contributed by atoms with Crippen LogP contribution in [0.4, 0.5) is 0 Å². The fourth-order valence-corrected chi connectivity index (χ4v) is 3.93. The van der Waals surface area contributed by atoms with Gasteiger partial charge in [-0.05, 0) is 39.5 Å². The van der Waals surface area contributed by atoms with Crippen LogP contribution in [0.5, 0.6) is 0 Å². The van der Waals surface area contributed by atoms with Crippen molar-refractivity contribution in [3.05, 3.63) is 11.7 Å². The fraction of sp³-hybridized carbons (Fsp3) is 0.875. The van der Waals surface area contributed by atoms with Crippen LogP contribution in [0.1, 0.15) is 76.9 Å². The van der Waals surface area contributed by atoms with Crippen LogP contribution < -0.4 is 5.73 Å². The predicted molar refractivity (Wildman–Crippen MR) is 79.9 cm³/mol. The molecule has 1 aromatic rings. The zero-order valence-corrected chi connectivity index (χ0v) is 13.2. The molecule has 0 radical (unpaired) electrons. The Morgan fingerprint density at radius 2 is 2.00 bits per heavy atom. The van der Waals surface area contributed by atoms with Gasteiger partial charge in [0.1, 0.15) is 5.60 Å². The van der Waals surface area contributed by atoms with Crippen molar-refractivity contribution in [2.75, 3.05) is 6.61 Å². The number of ether oxygens (including phenoxy) is 1. The molecule has 2 fully saturated rings. The molecular weight excluding hydrogens is 266 g/mol. The van der Waals surface area contributed by atoms with Crippen molar-refractivity contribution in [3.8, 4) is 0 Å². The van der Waals surface area contributed by atoms with Crippen LogP contribution in [0.2, 0.25) is 0 Å². The SMILES string of the molecule is CCOC1(c2noc(C3(C)CCCC3N)n2)CCCCC1. The maximum Gasteiger partial charge on any atom is 0.234 e. The molecule has 0 aromatic carbocycles. The molecule has 2 unspecified atom stereocenters. The van der Waals surface area contributed by atoms with Crippen LogP contribution in [-0.2, 0) is 15.8 Å². The molecule has 0 saturated heterocycles. The van der Waals surface area contributed by atoms with E-state index in [9.17, 15) is 0 Å². The molecule has 2 aliphatic rings. The maximum atomic E-state index is 6.27. The first-order valence-corrected chi connectivity index (χ1v) is 8.35. The standard InChI is InChI=1S/C16H27N3O2/c1-3-20-16(10-5-4-6-11-16)13-18-14(21-19-13)15(2)9-7-8-12(15)17/h12H,3-11,17H2,1-2H3. The van der Waals surface area contributed by atoms with E-state index in [1.165, 1.54) is 19.3 Å². The number of hydrogen-bond acceptors (Lipinski definition) is 5. The highest BCUT2D eigenvalue weighted by atomic mass is 16.5. The molecule has 118 valence electrons. The normalized spacial score (nSPS) is 32.4. The Bertz CT molecular complexity index is 476. The average molecular weight is 293 g/mol. The van der Waals surface area contributed by atoms with Crippen LogP contribution in [0.25, 0.3) is 0 Å². The molecule has 1 aromatic heterocycles. The Morgan fingerprint density at radius 3 is 2.62 bits per heavy atom. The Morgan fingerprint density at radius 1 is 1.24 bits per heavy atom. The Kier molecular flexibility index (Phi) is 4.06. The predicted octanol–water partition coefficient (Wildman–Crippen LogP) is 3.03. The molecule has 2 N–H and O–H groups in total. The molecule has 0 spiro atoms. The number of hydrogen-bond donors (Lipinski definition) is 1. The van der Waals surface area contributed by atoms with Gasteiger partial charge in [0.2, 0.25) is 11.7 Å². The van der Waals surface area contributed by atoms with E-state index in [1.54, 1.807) is 0 Å². The molecule has 5 heteroatoms. The summed E-state index contributed by atoms with van der Waals surface area (Å²) in [5.74, 6) is 1.44. The van der Waals surface area contributed by atoms with Crippen LogP contribution in [-0.4, -0.2) is 22.8 Å². The van der Waals surface area contributed by atoms with E-state index in [0.717, 1.165) is 37.9 Å². The third-order valence-corrected chi connectivity index (χ3v) is 5.43. The van der Waals surface area contributed by atoms with Gasteiger partial charge in [-0.25, -0.2) is 0 Å². The highest BCUT2D eigenvalue weighted by molar-refractivity contribution is 5.14. The molecule has 21 heavy (non-hydrogen) atoms. The largest absolute Gasteiger partial charge is 0.367 e. The van der Waals surface area contributed by atoms with Gasteiger partial charge in [-0.15, -0.1) is 0 Å². The second kappa shape index (κ2) is 5.69.